The van der Waals surface area contributed by atoms with Crippen LogP contribution in [-0.2, 0) is 0 Å². The van der Waals surface area contributed by atoms with Gasteiger partial charge in [0.1, 0.15) is 0 Å². The van der Waals surface area contributed by atoms with E-state index in [1.807, 2.05) is 18.3 Å². The zero-order valence-corrected chi connectivity index (χ0v) is 7.87. The molecule has 0 saturated heterocycles. The van der Waals surface area contributed by atoms with Crippen LogP contribution in [0.4, 0.5) is 0 Å². The summed E-state index contributed by atoms with van der Waals surface area (Å²) < 4.78 is 0. The Balaban J connectivity index is 2.98. The van der Waals surface area contributed by atoms with Crippen molar-refractivity contribution < 1.29 is 0 Å². The summed E-state index contributed by atoms with van der Waals surface area (Å²) in [6, 6.07) is 3.97. The quantitative estimate of drug-likeness (QED) is 0.638. The van der Waals surface area contributed by atoms with Gasteiger partial charge in [-0.05, 0) is 31.0 Å². The Kier molecular flexibility index (Phi) is 1.62. The Bertz CT molecular complexity index is 429. The van der Waals surface area contributed by atoms with Crippen LogP contribution in [0, 0.1) is 13.8 Å². The molecule has 0 amide bonds. The molecule has 1 aromatic carbocycles. The lowest BCUT2D eigenvalue weighted by atomic mass is 10.1. The molecule has 2 heteroatoms. The van der Waals surface area contributed by atoms with Gasteiger partial charge in [-0.25, -0.2) is 0 Å². The molecule has 1 aromatic heterocycles. The van der Waals surface area contributed by atoms with Gasteiger partial charge < -0.3 is 4.98 Å². The molecule has 2 rings (SSSR count). The normalized spacial score (nSPS) is 10.9. The predicted octanol–water partition coefficient (Wildman–Crippen LogP) is 3.44. The molecular weight excluding hydrogens is 170 g/mol. The Morgan fingerprint density at radius 1 is 1.17 bits per heavy atom. The third-order valence-electron chi connectivity index (χ3n) is 2.19. The van der Waals surface area contributed by atoms with Crippen LogP contribution in [0.25, 0.3) is 10.9 Å². The van der Waals surface area contributed by atoms with E-state index in [9.17, 15) is 0 Å². The summed E-state index contributed by atoms with van der Waals surface area (Å²) in [4.78, 5) is 3.16. The first-order chi connectivity index (χ1) is 5.70. The fraction of sp³-hybridized carbons (Fsp3) is 0.200. The van der Waals surface area contributed by atoms with Gasteiger partial charge in [0.25, 0.3) is 0 Å². The maximum Gasteiger partial charge on any atom is 0.0648 e. The number of hydrogen-bond donors (Lipinski definition) is 1. The summed E-state index contributed by atoms with van der Waals surface area (Å²) in [5.41, 5.74) is 3.58. The molecule has 2 aromatic rings. The topological polar surface area (TPSA) is 15.8 Å². The van der Waals surface area contributed by atoms with Crippen LogP contribution in [-0.4, -0.2) is 4.98 Å². The highest BCUT2D eigenvalue weighted by Gasteiger charge is 2.05. The van der Waals surface area contributed by atoms with Crippen molar-refractivity contribution in [1.29, 1.82) is 0 Å². The molecule has 0 aliphatic carbocycles. The van der Waals surface area contributed by atoms with E-state index in [-0.39, 0.29) is 0 Å². The summed E-state index contributed by atoms with van der Waals surface area (Å²) in [5.74, 6) is 0. The molecular formula is C10H10ClN. The van der Waals surface area contributed by atoms with Crippen molar-refractivity contribution in [3.63, 3.8) is 0 Å². The predicted molar refractivity (Wildman–Crippen MR) is 52.8 cm³/mol. The van der Waals surface area contributed by atoms with Gasteiger partial charge in [-0.3, -0.25) is 0 Å². The van der Waals surface area contributed by atoms with Crippen molar-refractivity contribution in [1.82, 2.24) is 4.98 Å². The molecule has 0 aliphatic heterocycles. The molecule has 0 atom stereocenters. The summed E-state index contributed by atoms with van der Waals surface area (Å²) in [5, 5.41) is 2.05. The molecule has 12 heavy (non-hydrogen) atoms. The summed E-state index contributed by atoms with van der Waals surface area (Å²) in [6.07, 6.45) is 1.99. The number of nitrogens with one attached hydrogen (secondary N) is 1. The SMILES string of the molecule is Cc1ccc(Cl)c2[nH]cc(C)c12. The minimum Gasteiger partial charge on any atom is -0.360 e. The van der Waals surface area contributed by atoms with Crippen LogP contribution in [0.2, 0.25) is 5.02 Å². The fourth-order valence-electron chi connectivity index (χ4n) is 1.58. The van der Waals surface area contributed by atoms with Crippen molar-refractivity contribution in [2.75, 3.05) is 0 Å². The van der Waals surface area contributed by atoms with Gasteiger partial charge in [-0.2, -0.15) is 0 Å². The summed E-state index contributed by atoms with van der Waals surface area (Å²) >= 11 is 6.01. The van der Waals surface area contributed by atoms with Crippen LogP contribution in [0.15, 0.2) is 18.3 Å². The molecule has 0 bridgehead atoms. The number of benzene rings is 1. The molecule has 1 heterocycles. The molecule has 0 spiro atoms. The van der Waals surface area contributed by atoms with E-state index in [1.54, 1.807) is 0 Å². The zero-order valence-electron chi connectivity index (χ0n) is 7.11. The van der Waals surface area contributed by atoms with E-state index in [0.717, 1.165) is 10.5 Å². The molecule has 0 saturated carbocycles. The van der Waals surface area contributed by atoms with E-state index in [2.05, 4.69) is 18.8 Å². The molecule has 1 nitrogen and oxygen atoms in total. The van der Waals surface area contributed by atoms with Gasteiger partial charge in [-0.15, -0.1) is 0 Å². The van der Waals surface area contributed by atoms with Gasteiger partial charge in [0.15, 0.2) is 0 Å². The smallest absolute Gasteiger partial charge is 0.0648 e. The number of halogens is 1. The van der Waals surface area contributed by atoms with Gasteiger partial charge in [-0.1, -0.05) is 17.7 Å². The van der Waals surface area contributed by atoms with Crippen molar-refractivity contribution in [3.05, 3.63) is 34.5 Å². The second-order valence-corrected chi connectivity index (χ2v) is 3.49. The van der Waals surface area contributed by atoms with Crippen LogP contribution < -0.4 is 0 Å². The monoisotopic (exact) mass is 179 g/mol. The molecule has 0 aliphatic rings. The van der Waals surface area contributed by atoms with Gasteiger partial charge in [0.2, 0.25) is 0 Å². The van der Waals surface area contributed by atoms with Crippen LogP contribution in [0.5, 0.6) is 0 Å². The number of aromatic nitrogens is 1. The maximum atomic E-state index is 6.01. The average Bonchev–Trinajstić information content (AvgIpc) is 2.42. The van der Waals surface area contributed by atoms with E-state index in [4.69, 9.17) is 11.6 Å². The fourth-order valence-corrected chi connectivity index (χ4v) is 1.80. The average molecular weight is 180 g/mol. The number of fused-ring (bicyclic) bond motifs is 1. The Morgan fingerprint density at radius 2 is 1.92 bits per heavy atom. The third-order valence-corrected chi connectivity index (χ3v) is 2.51. The lowest BCUT2D eigenvalue weighted by Crippen LogP contribution is -1.77. The Labute approximate surface area is 76.4 Å². The number of H-pyrrole nitrogens is 1. The van der Waals surface area contributed by atoms with E-state index in [0.29, 0.717) is 0 Å². The van der Waals surface area contributed by atoms with Gasteiger partial charge in [0.05, 0.1) is 10.5 Å². The molecule has 1 N–H and O–H groups in total. The highest BCUT2D eigenvalue weighted by atomic mass is 35.5. The molecule has 0 fully saturated rings. The highest BCUT2D eigenvalue weighted by Crippen LogP contribution is 2.27. The van der Waals surface area contributed by atoms with Crippen LogP contribution >= 0.6 is 11.6 Å². The molecule has 62 valence electrons. The standard InChI is InChI=1S/C10H10ClN/c1-6-3-4-8(11)10-9(6)7(2)5-12-10/h3-5,12H,1-2H3. The van der Waals surface area contributed by atoms with E-state index < -0.39 is 0 Å². The lowest BCUT2D eigenvalue weighted by Gasteiger charge is -1.98. The minimum atomic E-state index is 0.795. The van der Waals surface area contributed by atoms with Crippen molar-refractivity contribution >= 4 is 22.5 Å². The Morgan fingerprint density at radius 3 is 2.58 bits per heavy atom. The summed E-state index contributed by atoms with van der Waals surface area (Å²) in [7, 11) is 0. The summed E-state index contributed by atoms with van der Waals surface area (Å²) in [6.45, 7) is 4.18. The zero-order chi connectivity index (χ0) is 8.72. The molecule has 0 radical (unpaired) electrons. The highest BCUT2D eigenvalue weighted by molar-refractivity contribution is 6.35. The number of aromatic amines is 1. The lowest BCUT2D eigenvalue weighted by molar-refractivity contribution is 1.43. The van der Waals surface area contributed by atoms with Crippen molar-refractivity contribution in [2.45, 2.75) is 13.8 Å². The number of aryl methyl sites for hydroxylation is 2. The Hall–Kier alpha value is -0.950. The first-order valence-corrected chi connectivity index (χ1v) is 4.30. The van der Waals surface area contributed by atoms with Crippen molar-refractivity contribution in [2.24, 2.45) is 0 Å². The van der Waals surface area contributed by atoms with Gasteiger partial charge in [0, 0.05) is 11.6 Å². The second kappa shape index (κ2) is 2.53. The van der Waals surface area contributed by atoms with Gasteiger partial charge >= 0.3 is 0 Å². The first-order valence-electron chi connectivity index (χ1n) is 3.93. The van der Waals surface area contributed by atoms with Crippen LogP contribution in [0.1, 0.15) is 11.1 Å². The van der Waals surface area contributed by atoms with E-state index in [1.165, 1.54) is 16.5 Å². The van der Waals surface area contributed by atoms with Crippen LogP contribution in [0.3, 0.4) is 0 Å². The third kappa shape index (κ3) is 0.935. The van der Waals surface area contributed by atoms with E-state index >= 15 is 0 Å². The minimum absolute atomic E-state index is 0.795. The maximum absolute atomic E-state index is 6.01. The van der Waals surface area contributed by atoms with Crippen molar-refractivity contribution in [3.8, 4) is 0 Å². The molecule has 0 unspecified atom stereocenters. The number of hydrogen-bond acceptors (Lipinski definition) is 0. The number of rotatable bonds is 0. The second-order valence-electron chi connectivity index (χ2n) is 3.09. The first kappa shape index (κ1) is 7.69. The largest absolute Gasteiger partial charge is 0.360 e.